The molecule has 0 spiro atoms. The van der Waals surface area contributed by atoms with E-state index in [0.717, 1.165) is 12.7 Å². The van der Waals surface area contributed by atoms with Gasteiger partial charge in [-0.3, -0.25) is 19.2 Å². The highest BCUT2D eigenvalue weighted by molar-refractivity contribution is 6.03. The summed E-state index contributed by atoms with van der Waals surface area (Å²) in [5.74, 6) is -0.00981. The SMILES string of the molecule is COC(=O)C1CCC(n2cc(NC(=O)c3coc(-c4ccnc(N(CC5C[C@@H]5C)C(=O)OC(C)(C)C)c4)n3)c(C(F)F)n2)CC1. The minimum absolute atomic E-state index is 0.0832. The first-order chi connectivity index (χ1) is 21.3. The number of nitrogens with zero attached hydrogens (tertiary/aromatic N) is 5. The van der Waals surface area contributed by atoms with E-state index in [-0.39, 0.29) is 35.2 Å². The van der Waals surface area contributed by atoms with E-state index in [1.54, 1.807) is 32.9 Å². The molecular formula is C31H38F2N6O6. The van der Waals surface area contributed by atoms with Crippen LogP contribution in [0.4, 0.5) is 25.1 Å². The molecule has 2 amide bonds. The van der Waals surface area contributed by atoms with E-state index in [0.29, 0.717) is 55.4 Å². The quantitative estimate of drug-likeness (QED) is 0.266. The number of hydrogen-bond acceptors (Lipinski definition) is 9. The fraction of sp³-hybridized carbons (Fsp3) is 0.548. The highest BCUT2D eigenvalue weighted by Crippen LogP contribution is 2.39. The van der Waals surface area contributed by atoms with Crippen molar-refractivity contribution < 1.29 is 37.1 Å². The fourth-order valence-corrected chi connectivity index (χ4v) is 5.46. The molecule has 5 rings (SSSR count). The third-order valence-corrected chi connectivity index (χ3v) is 8.13. The molecule has 3 aromatic rings. The third kappa shape index (κ3) is 7.66. The lowest BCUT2D eigenvalue weighted by Gasteiger charge is -2.27. The number of halogens is 2. The Hall–Kier alpha value is -4.36. The fourth-order valence-electron chi connectivity index (χ4n) is 5.46. The van der Waals surface area contributed by atoms with Gasteiger partial charge in [0.05, 0.1) is 24.8 Å². The van der Waals surface area contributed by atoms with Gasteiger partial charge in [-0.1, -0.05) is 6.92 Å². The second-order valence-corrected chi connectivity index (χ2v) is 12.7. The number of oxazole rings is 1. The van der Waals surface area contributed by atoms with Crippen molar-refractivity contribution in [2.45, 2.75) is 77.9 Å². The molecular weight excluding hydrogens is 590 g/mol. The average Bonchev–Trinajstić information content (AvgIpc) is 3.35. The number of carbonyl (C=O) groups is 3. The van der Waals surface area contributed by atoms with E-state index >= 15 is 0 Å². The zero-order valence-corrected chi connectivity index (χ0v) is 26.0. The van der Waals surface area contributed by atoms with Crippen LogP contribution >= 0.6 is 0 Å². The Labute approximate surface area is 259 Å². The molecule has 2 aliphatic carbocycles. The van der Waals surface area contributed by atoms with Crippen LogP contribution in [0.5, 0.6) is 0 Å². The Morgan fingerprint density at radius 2 is 1.91 bits per heavy atom. The Bertz CT molecular complexity index is 1540. The van der Waals surface area contributed by atoms with Crippen LogP contribution in [-0.4, -0.2) is 57.0 Å². The summed E-state index contributed by atoms with van der Waals surface area (Å²) < 4.78 is 45.2. The Morgan fingerprint density at radius 1 is 1.20 bits per heavy atom. The number of rotatable bonds is 9. The summed E-state index contributed by atoms with van der Waals surface area (Å²) in [7, 11) is 1.34. The highest BCUT2D eigenvalue weighted by atomic mass is 19.3. The second-order valence-electron chi connectivity index (χ2n) is 12.7. The number of amides is 2. The number of esters is 1. The van der Waals surface area contributed by atoms with Crippen LogP contribution < -0.4 is 10.2 Å². The molecule has 1 unspecified atom stereocenters. The number of carbonyl (C=O) groups excluding carboxylic acids is 3. The minimum atomic E-state index is -2.93. The first-order valence-electron chi connectivity index (χ1n) is 15.0. The second kappa shape index (κ2) is 12.9. The van der Waals surface area contributed by atoms with Crippen molar-refractivity contribution in [1.29, 1.82) is 0 Å². The molecule has 12 nitrogen and oxygen atoms in total. The molecule has 0 aliphatic heterocycles. The van der Waals surface area contributed by atoms with E-state index in [1.807, 2.05) is 0 Å². The molecule has 14 heteroatoms. The smallest absolute Gasteiger partial charge is 0.416 e. The van der Waals surface area contributed by atoms with Crippen molar-refractivity contribution in [2.24, 2.45) is 17.8 Å². The predicted molar refractivity (Wildman–Crippen MR) is 159 cm³/mol. The van der Waals surface area contributed by atoms with Crippen molar-refractivity contribution in [1.82, 2.24) is 19.7 Å². The molecule has 0 radical (unpaired) electrons. The maximum Gasteiger partial charge on any atom is 0.416 e. The summed E-state index contributed by atoms with van der Waals surface area (Å²) >= 11 is 0. The summed E-state index contributed by atoms with van der Waals surface area (Å²) in [5.41, 5.74) is -1.07. The normalized spacial score (nSPS) is 21.3. The number of anilines is 2. The van der Waals surface area contributed by atoms with Gasteiger partial charge in [0.1, 0.15) is 17.7 Å². The molecule has 2 saturated carbocycles. The van der Waals surface area contributed by atoms with Crippen molar-refractivity contribution >= 4 is 29.5 Å². The van der Waals surface area contributed by atoms with E-state index < -0.39 is 29.7 Å². The molecule has 2 atom stereocenters. The van der Waals surface area contributed by atoms with Crippen LogP contribution in [0.3, 0.4) is 0 Å². The molecule has 3 aromatic heterocycles. The van der Waals surface area contributed by atoms with Gasteiger partial charge in [-0.15, -0.1) is 0 Å². The van der Waals surface area contributed by atoms with E-state index in [2.05, 4.69) is 27.3 Å². The van der Waals surface area contributed by atoms with Crippen LogP contribution in [0, 0.1) is 17.8 Å². The van der Waals surface area contributed by atoms with Gasteiger partial charge in [-0.25, -0.2) is 23.5 Å². The van der Waals surface area contributed by atoms with E-state index in [9.17, 15) is 23.2 Å². The lowest BCUT2D eigenvalue weighted by Crippen LogP contribution is -2.38. The first-order valence-corrected chi connectivity index (χ1v) is 15.0. The summed E-state index contributed by atoms with van der Waals surface area (Å²) in [5, 5.41) is 6.54. The highest BCUT2D eigenvalue weighted by Gasteiger charge is 2.37. The van der Waals surface area contributed by atoms with Gasteiger partial charge in [0.15, 0.2) is 11.4 Å². The minimum Gasteiger partial charge on any atom is -0.469 e. The number of alkyl halides is 2. The molecule has 242 valence electrons. The summed E-state index contributed by atoms with van der Waals surface area (Å²) in [4.78, 5) is 48.1. The summed E-state index contributed by atoms with van der Waals surface area (Å²) in [6.07, 6.45) is 3.78. The predicted octanol–water partition coefficient (Wildman–Crippen LogP) is 6.42. The van der Waals surface area contributed by atoms with Crippen LogP contribution in [0.15, 0.2) is 35.2 Å². The Kier molecular flexibility index (Phi) is 9.21. The van der Waals surface area contributed by atoms with Crippen molar-refractivity contribution in [3.8, 4) is 11.5 Å². The summed E-state index contributed by atoms with van der Waals surface area (Å²) in [6.45, 7) is 7.93. The Balaban J connectivity index is 1.30. The number of hydrogen-bond donors (Lipinski definition) is 1. The zero-order valence-electron chi connectivity index (χ0n) is 26.0. The number of methoxy groups -OCH3 is 1. The largest absolute Gasteiger partial charge is 0.469 e. The van der Waals surface area contributed by atoms with Crippen LogP contribution in [0.25, 0.3) is 11.5 Å². The standard InChI is InChI=1S/C31H38F2N6O6/c1-17-12-20(17)14-38(30(42)45-31(2,3)4)24-13-19(10-11-34-24)28-36-23(16-44-28)27(40)35-22-15-39(37-25(22)26(32)33)21-8-6-18(7-9-21)29(41)43-5/h10-11,13,15-18,20-21,26H,6-9,12,14H2,1-5H3,(H,35,40)/t17-,18?,20?,21?/m0/s1. The Morgan fingerprint density at radius 3 is 2.53 bits per heavy atom. The molecule has 0 aromatic carbocycles. The third-order valence-electron chi connectivity index (χ3n) is 8.13. The molecule has 0 saturated heterocycles. The number of nitrogens with one attached hydrogen (secondary N) is 1. The van der Waals surface area contributed by atoms with Gasteiger partial charge >= 0.3 is 12.1 Å². The van der Waals surface area contributed by atoms with Crippen LogP contribution in [-0.2, 0) is 14.3 Å². The van der Waals surface area contributed by atoms with E-state index in [1.165, 1.54) is 29.1 Å². The van der Waals surface area contributed by atoms with E-state index in [4.69, 9.17) is 13.9 Å². The monoisotopic (exact) mass is 628 g/mol. The number of ether oxygens (including phenoxy) is 2. The summed E-state index contributed by atoms with van der Waals surface area (Å²) in [6, 6.07) is 3.05. The zero-order chi connectivity index (χ0) is 32.5. The molecule has 1 N–H and O–H groups in total. The molecule has 3 heterocycles. The van der Waals surface area contributed by atoms with Gasteiger partial charge in [-0.2, -0.15) is 5.10 Å². The van der Waals surface area contributed by atoms with Gasteiger partial charge in [0.25, 0.3) is 12.3 Å². The van der Waals surface area contributed by atoms with Gasteiger partial charge in [0, 0.05) is 24.5 Å². The van der Waals surface area contributed by atoms with Crippen molar-refractivity contribution in [2.75, 3.05) is 23.9 Å². The number of aromatic nitrogens is 4. The molecule has 0 bridgehead atoms. The molecule has 45 heavy (non-hydrogen) atoms. The van der Waals surface area contributed by atoms with Crippen LogP contribution in [0.1, 0.15) is 88.4 Å². The first kappa shape index (κ1) is 32.0. The number of pyridine rings is 1. The molecule has 2 aliphatic rings. The van der Waals surface area contributed by atoms with Gasteiger partial charge in [-0.05, 0) is 76.8 Å². The lowest BCUT2D eigenvalue weighted by atomic mass is 9.86. The topological polar surface area (TPSA) is 142 Å². The van der Waals surface area contributed by atoms with Crippen LogP contribution in [0.2, 0.25) is 0 Å². The molecule has 2 fully saturated rings. The lowest BCUT2D eigenvalue weighted by molar-refractivity contribution is -0.146. The maximum absolute atomic E-state index is 13.9. The van der Waals surface area contributed by atoms with Crippen molar-refractivity contribution in [3.63, 3.8) is 0 Å². The average molecular weight is 629 g/mol. The van der Waals surface area contributed by atoms with Gasteiger partial charge in [0.2, 0.25) is 5.89 Å². The maximum atomic E-state index is 13.9. The van der Waals surface area contributed by atoms with Gasteiger partial charge < -0.3 is 19.2 Å². The van der Waals surface area contributed by atoms with Crippen molar-refractivity contribution in [3.05, 3.63) is 42.2 Å².